The fourth-order valence-electron chi connectivity index (χ4n) is 3.44. The minimum absolute atomic E-state index is 0.203. The molecule has 1 saturated heterocycles. The maximum atomic E-state index is 12.7. The van der Waals surface area contributed by atoms with Gasteiger partial charge < -0.3 is 19.7 Å². The number of hydrogen-bond acceptors (Lipinski definition) is 5. The third-order valence-corrected chi connectivity index (χ3v) is 5.28. The van der Waals surface area contributed by atoms with Gasteiger partial charge in [0.25, 0.3) is 0 Å². The van der Waals surface area contributed by atoms with E-state index in [1.54, 1.807) is 6.92 Å². The van der Waals surface area contributed by atoms with Crippen molar-refractivity contribution in [2.24, 2.45) is 5.41 Å². The Hall–Kier alpha value is -2.41. The van der Waals surface area contributed by atoms with E-state index in [4.69, 9.17) is 9.47 Å². The van der Waals surface area contributed by atoms with E-state index in [1.807, 2.05) is 44.2 Å². The molecular formula is C22H32N2O5. The van der Waals surface area contributed by atoms with Gasteiger partial charge in [-0.3, -0.25) is 4.79 Å². The number of carbonyl (C=O) groups excluding carboxylic acids is 3. The lowest BCUT2D eigenvalue weighted by atomic mass is 9.87. The van der Waals surface area contributed by atoms with Crippen molar-refractivity contribution >= 4 is 18.0 Å². The molecule has 0 aromatic heterocycles. The van der Waals surface area contributed by atoms with E-state index < -0.39 is 18.0 Å². The average Bonchev–Trinajstić information content (AvgIpc) is 3.04. The van der Waals surface area contributed by atoms with E-state index in [9.17, 15) is 14.4 Å². The van der Waals surface area contributed by atoms with Crippen LogP contribution in [0.2, 0.25) is 0 Å². The minimum Gasteiger partial charge on any atom is -0.379 e. The van der Waals surface area contributed by atoms with E-state index in [0.717, 1.165) is 24.8 Å². The fourth-order valence-corrected chi connectivity index (χ4v) is 3.44. The molecule has 29 heavy (non-hydrogen) atoms. The zero-order chi connectivity index (χ0) is 21.4. The lowest BCUT2D eigenvalue weighted by Gasteiger charge is -2.34. The molecule has 7 heteroatoms. The van der Waals surface area contributed by atoms with E-state index in [2.05, 4.69) is 12.2 Å². The highest BCUT2D eigenvalue weighted by Gasteiger charge is 2.42. The van der Waals surface area contributed by atoms with Crippen LogP contribution in [0.3, 0.4) is 0 Å². The van der Waals surface area contributed by atoms with Crippen molar-refractivity contribution in [1.82, 2.24) is 10.2 Å². The van der Waals surface area contributed by atoms with Gasteiger partial charge in [-0.2, -0.15) is 0 Å². The molecule has 1 fully saturated rings. The first-order valence-corrected chi connectivity index (χ1v) is 10.2. The number of nitrogens with zero attached hydrogens (tertiary/aromatic N) is 1. The Morgan fingerprint density at radius 3 is 2.52 bits per heavy atom. The topological polar surface area (TPSA) is 84.9 Å². The van der Waals surface area contributed by atoms with Crippen molar-refractivity contribution in [3.8, 4) is 0 Å². The second-order valence-corrected chi connectivity index (χ2v) is 8.18. The third kappa shape index (κ3) is 6.29. The number of ether oxygens (including phenoxy) is 2. The number of benzene rings is 1. The summed E-state index contributed by atoms with van der Waals surface area (Å²) in [6.45, 7) is 9.24. The van der Waals surface area contributed by atoms with Crippen molar-refractivity contribution in [3.05, 3.63) is 35.9 Å². The van der Waals surface area contributed by atoms with Crippen LogP contribution in [0.15, 0.2) is 30.3 Å². The Labute approximate surface area is 172 Å². The Bertz CT molecular complexity index is 704. The highest BCUT2D eigenvalue weighted by molar-refractivity contribution is 6.34. The molecule has 0 radical (unpaired) electrons. The Balaban J connectivity index is 1.99. The summed E-state index contributed by atoms with van der Waals surface area (Å²) in [7, 11) is 0. The van der Waals surface area contributed by atoms with Crippen molar-refractivity contribution in [2.75, 3.05) is 19.8 Å². The first-order chi connectivity index (χ1) is 13.8. The Morgan fingerprint density at radius 1 is 1.24 bits per heavy atom. The zero-order valence-electron chi connectivity index (χ0n) is 17.8. The molecule has 0 aliphatic carbocycles. The lowest BCUT2D eigenvalue weighted by Crippen LogP contribution is -2.50. The van der Waals surface area contributed by atoms with Gasteiger partial charge in [-0.05, 0) is 18.9 Å². The lowest BCUT2D eigenvalue weighted by molar-refractivity contribution is -0.151. The standard InChI is InChI=1S/C22H32N2O5/c1-5-6-10-13-24(18-14-28-15-22(18,3)4)21(27)29-20(26)19(25)23-16(2)17-11-8-7-9-12-17/h7-9,11-12,16,18H,5-6,10,13-15H2,1-4H3,(H,23,25)/t16-,18-/m1/s1. The summed E-state index contributed by atoms with van der Waals surface area (Å²) in [5, 5.41) is 2.57. The van der Waals surface area contributed by atoms with Crippen LogP contribution in [-0.4, -0.2) is 48.7 Å². The summed E-state index contributed by atoms with van der Waals surface area (Å²) in [5.74, 6) is -2.14. The van der Waals surface area contributed by atoms with E-state index in [-0.39, 0.29) is 17.5 Å². The SMILES string of the molecule is CCCCCN(C(=O)OC(=O)C(=O)N[C@H](C)c1ccccc1)[C@@H]1COCC1(C)C. The second kappa shape index (κ2) is 10.4. The van der Waals surface area contributed by atoms with E-state index in [1.165, 1.54) is 4.90 Å². The molecule has 0 spiro atoms. The normalized spacial score (nSPS) is 18.7. The maximum absolute atomic E-state index is 12.7. The van der Waals surface area contributed by atoms with Gasteiger partial charge in [0.2, 0.25) is 0 Å². The zero-order valence-corrected chi connectivity index (χ0v) is 17.8. The summed E-state index contributed by atoms with van der Waals surface area (Å²) >= 11 is 0. The van der Waals surface area contributed by atoms with Crippen molar-refractivity contribution < 1.29 is 23.9 Å². The summed E-state index contributed by atoms with van der Waals surface area (Å²) in [6, 6.07) is 8.67. The summed E-state index contributed by atoms with van der Waals surface area (Å²) in [6.07, 6.45) is 1.97. The highest BCUT2D eigenvalue weighted by atomic mass is 16.6. The molecule has 2 rings (SSSR count). The van der Waals surface area contributed by atoms with Crippen molar-refractivity contribution in [3.63, 3.8) is 0 Å². The van der Waals surface area contributed by atoms with Gasteiger partial charge >= 0.3 is 18.0 Å². The molecule has 1 aromatic rings. The Kier molecular flexibility index (Phi) is 8.20. The minimum atomic E-state index is -1.20. The van der Waals surface area contributed by atoms with Gasteiger partial charge in [0.15, 0.2) is 0 Å². The fraction of sp³-hybridized carbons (Fsp3) is 0.591. The number of esters is 1. The molecule has 0 bridgehead atoms. The third-order valence-electron chi connectivity index (χ3n) is 5.28. The summed E-state index contributed by atoms with van der Waals surface area (Å²) in [4.78, 5) is 38.7. The molecule has 2 atom stereocenters. The summed E-state index contributed by atoms with van der Waals surface area (Å²) in [5.41, 5.74) is 0.601. The molecular weight excluding hydrogens is 372 g/mol. The maximum Gasteiger partial charge on any atom is 0.418 e. The van der Waals surface area contributed by atoms with Crippen LogP contribution in [0.4, 0.5) is 4.79 Å². The number of carbonyl (C=O) groups is 3. The average molecular weight is 405 g/mol. The summed E-state index contributed by atoms with van der Waals surface area (Å²) < 4.78 is 10.5. The number of hydrogen-bond donors (Lipinski definition) is 1. The van der Waals surface area contributed by atoms with E-state index in [0.29, 0.717) is 19.8 Å². The number of rotatable bonds is 7. The molecule has 2 amide bonds. The van der Waals surface area contributed by atoms with Gasteiger partial charge in [0.1, 0.15) is 0 Å². The van der Waals surface area contributed by atoms with Crippen LogP contribution >= 0.6 is 0 Å². The van der Waals surface area contributed by atoms with Crippen LogP contribution in [0.25, 0.3) is 0 Å². The molecule has 1 heterocycles. The molecule has 0 saturated carbocycles. The quantitative estimate of drug-likeness (QED) is 0.326. The predicted molar refractivity (Wildman–Crippen MR) is 109 cm³/mol. The van der Waals surface area contributed by atoms with Gasteiger partial charge in [-0.1, -0.05) is 63.9 Å². The predicted octanol–water partition coefficient (Wildman–Crippen LogP) is 3.44. The molecule has 160 valence electrons. The van der Waals surface area contributed by atoms with Crippen LogP contribution in [0, 0.1) is 5.41 Å². The van der Waals surface area contributed by atoms with Crippen molar-refractivity contribution in [2.45, 2.75) is 59.0 Å². The molecule has 7 nitrogen and oxygen atoms in total. The van der Waals surface area contributed by atoms with Gasteiger partial charge in [-0.15, -0.1) is 0 Å². The molecule has 1 aliphatic rings. The van der Waals surface area contributed by atoms with Crippen LogP contribution in [-0.2, 0) is 19.1 Å². The smallest absolute Gasteiger partial charge is 0.379 e. The van der Waals surface area contributed by atoms with Crippen LogP contribution < -0.4 is 5.32 Å². The molecule has 0 unspecified atom stereocenters. The molecule has 1 aliphatic heterocycles. The molecule has 1 aromatic carbocycles. The van der Waals surface area contributed by atoms with Crippen LogP contribution in [0.1, 0.15) is 58.6 Å². The van der Waals surface area contributed by atoms with Gasteiger partial charge in [0.05, 0.1) is 25.3 Å². The Morgan fingerprint density at radius 2 is 1.93 bits per heavy atom. The van der Waals surface area contributed by atoms with Crippen LogP contribution in [0.5, 0.6) is 0 Å². The number of unbranched alkanes of at least 4 members (excludes halogenated alkanes) is 2. The van der Waals surface area contributed by atoms with Crippen molar-refractivity contribution in [1.29, 1.82) is 0 Å². The first-order valence-electron chi connectivity index (χ1n) is 10.2. The largest absolute Gasteiger partial charge is 0.418 e. The number of amides is 2. The number of nitrogens with one attached hydrogen (secondary N) is 1. The highest BCUT2D eigenvalue weighted by Crippen LogP contribution is 2.32. The van der Waals surface area contributed by atoms with Gasteiger partial charge in [0, 0.05) is 12.0 Å². The van der Waals surface area contributed by atoms with E-state index >= 15 is 0 Å². The van der Waals surface area contributed by atoms with Gasteiger partial charge in [-0.25, -0.2) is 9.59 Å². The molecule has 1 N–H and O–H groups in total. The first kappa shape index (κ1) is 22.9. The monoisotopic (exact) mass is 404 g/mol. The second-order valence-electron chi connectivity index (χ2n) is 8.18.